The van der Waals surface area contributed by atoms with E-state index < -0.39 is 0 Å². The molecule has 2 aliphatic rings. The van der Waals surface area contributed by atoms with E-state index in [-0.39, 0.29) is 0 Å². The Hall–Kier alpha value is -1.91. The first-order valence-corrected chi connectivity index (χ1v) is 10.1. The van der Waals surface area contributed by atoms with Crippen LogP contribution in [0.25, 0.3) is 0 Å². The van der Waals surface area contributed by atoms with Gasteiger partial charge in [-0.1, -0.05) is 18.2 Å². The lowest BCUT2D eigenvalue weighted by Gasteiger charge is -2.33. The maximum atomic E-state index is 4.11. The van der Waals surface area contributed by atoms with Crippen LogP contribution in [-0.2, 0) is 6.54 Å². The van der Waals surface area contributed by atoms with E-state index >= 15 is 0 Å². The summed E-state index contributed by atoms with van der Waals surface area (Å²) in [5, 5.41) is 7.46. The van der Waals surface area contributed by atoms with Crippen molar-refractivity contribution >= 4 is 5.69 Å². The Morgan fingerprint density at radius 1 is 1.04 bits per heavy atom. The second kappa shape index (κ2) is 8.65. The molecule has 4 nitrogen and oxygen atoms in total. The summed E-state index contributed by atoms with van der Waals surface area (Å²) in [6.45, 7) is 5.70. The van der Waals surface area contributed by atoms with E-state index in [1.54, 1.807) is 0 Å². The zero-order valence-electron chi connectivity index (χ0n) is 15.5. The molecule has 3 heterocycles. The SMILES string of the molecule is c1ccc2c(c1)NCCCC2NCC1CCN(Cc2ccncc2)CC1. The molecule has 0 bridgehead atoms. The van der Waals surface area contributed by atoms with Gasteiger partial charge in [-0.25, -0.2) is 0 Å². The van der Waals surface area contributed by atoms with Gasteiger partial charge in [0.15, 0.2) is 0 Å². The summed E-state index contributed by atoms with van der Waals surface area (Å²) in [5.41, 5.74) is 4.13. The van der Waals surface area contributed by atoms with Gasteiger partial charge in [-0.05, 0) is 80.6 Å². The van der Waals surface area contributed by atoms with E-state index in [1.807, 2.05) is 12.4 Å². The smallest absolute Gasteiger partial charge is 0.0388 e. The minimum Gasteiger partial charge on any atom is -0.385 e. The van der Waals surface area contributed by atoms with Crippen LogP contribution >= 0.6 is 0 Å². The molecule has 138 valence electrons. The summed E-state index contributed by atoms with van der Waals surface area (Å²) in [4.78, 5) is 6.69. The number of pyridine rings is 1. The van der Waals surface area contributed by atoms with Gasteiger partial charge in [-0.2, -0.15) is 0 Å². The third-order valence-corrected chi connectivity index (χ3v) is 5.84. The molecule has 0 spiro atoms. The minimum absolute atomic E-state index is 0.496. The number of hydrogen-bond donors (Lipinski definition) is 2. The normalized spacial score (nSPS) is 21.6. The van der Waals surface area contributed by atoms with Crippen molar-refractivity contribution < 1.29 is 0 Å². The monoisotopic (exact) mass is 350 g/mol. The predicted molar refractivity (Wildman–Crippen MR) is 107 cm³/mol. The van der Waals surface area contributed by atoms with Crippen molar-refractivity contribution in [1.82, 2.24) is 15.2 Å². The fourth-order valence-corrected chi connectivity index (χ4v) is 4.26. The van der Waals surface area contributed by atoms with Gasteiger partial charge in [-0.3, -0.25) is 9.88 Å². The molecule has 0 amide bonds. The summed E-state index contributed by atoms with van der Waals surface area (Å²) < 4.78 is 0. The molecule has 4 rings (SSSR count). The number of anilines is 1. The van der Waals surface area contributed by atoms with Crippen molar-refractivity contribution in [2.24, 2.45) is 5.92 Å². The molecule has 2 aromatic rings. The van der Waals surface area contributed by atoms with E-state index in [9.17, 15) is 0 Å². The molecule has 1 aromatic heterocycles. The molecular weight excluding hydrogens is 320 g/mol. The molecule has 1 aromatic carbocycles. The Labute approximate surface area is 157 Å². The molecule has 1 saturated heterocycles. The first kappa shape index (κ1) is 17.5. The number of likely N-dealkylation sites (tertiary alicyclic amines) is 1. The van der Waals surface area contributed by atoms with Gasteiger partial charge in [0.1, 0.15) is 0 Å². The average molecular weight is 351 g/mol. The molecule has 26 heavy (non-hydrogen) atoms. The maximum Gasteiger partial charge on any atom is 0.0388 e. The summed E-state index contributed by atoms with van der Waals surface area (Å²) in [7, 11) is 0. The third kappa shape index (κ3) is 4.43. The highest BCUT2D eigenvalue weighted by molar-refractivity contribution is 5.53. The van der Waals surface area contributed by atoms with Crippen LogP contribution in [0.2, 0.25) is 0 Å². The average Bonchev–Trinajstić information content (AvgIpc) is 2.91. The van der Waals surface area contributed by atoms with E-state index in [2.05, 4.69) is 56.9 Å². The Balaban J connectivity index is 1.26. The quantitative estimate of drug-likeness (QED) is 0.860. The van der Waals surface area contributed by atoms with Crippen LogP contribution in [0.3, 0.4) is 0 Å². The standard InChI is InChI=1S/C22H30N4/c1-2-5-21-20(4-1)22(6-3-11-24-21)25-16-18-9-14-26(15-10-18)17-19-7-12-23-13-8-19/h1-2,4-5,7-8,12-13,18,22,24-25H,3,6,9-11,14-17H2. The van der Waals surface area contributed by atoms with Crippen LogP contribution < -0.4 is 10.6 Å². The first-order valence-electron chi connectivity index (χ1n) is 10.1. The number of para-hydroxylation sites is 1. The summed E-state index contributed by atoms with van der Waals surface area (Å²) in [6.07, 6.45) is 8.84. The van der Waals surface area contributed by atoms with Crippen LogP contribution in [0.1, 0.15) is 42.9 Å². The Bertz CT molecular complexity index is 680. The highest BCUT2D eigenvalue weighted by Crippen LogP contribution is 2.29. The topological polar surface area (TPSA) is 40.2 Å². The minimum atomic E-state index is 0.496. The zero-order chi connectivity index (χ0) is 17.6. The zero-order valence-corrected chi connectivity index (χ0v) is 15.5. The lowest BCUT2D eigenvalue weighted by atomic mass is 9.95. The van der Waals surface area contributed by atoms with Crippen molar-refractivity contribution in [3.8, 4) is 0 Å². The largest absolute Gasteiger partial charge is 0.385 e. The first-order chi connectivity index (χ1) is 12.9. The number of nitrogens with zero attached hydrogens (tertiary/aromatic N) is 2. The van der Waals surface area contributed by atoms with E-state index in [0.29, 0.717) is 6.04 Å². The van der Waals surface area contributed by atoms with Gasteiger partial charge in [0.25, 0.3) is 0 Å². The lowest BCUT2D eigenvalue weighted by molar-refractivity contribution is 0.173. The number of aromatic nitrogens is 1. The van der Waals surface area contributed by atoms with Crippen LogP contribution in [0, 0.1) is 5.92 Å². The molecule has 0 radical (unpaired) electrons. The number of benzene rings is 1. The van der Waals surface area contributed by atoms with Gasteiger partial charge < -0.3 is 10.6 Å². The second-order valence-corrected chi connectivity index (χ2v) is 7.69. The summed E-state index contributed by atoms with van der Waals surface area (Å²) >= 11 is 0. The Kier molecular flexibility index (Phi) is 5.82. The van der Waals surface area contributed by atoms with Crippen molar-refractivity contribution in [2.45, 2.75) is 38.3 Å². The van der Waals surface area contributed by atoms with Crippen LogP contribution in [0.15, 0.2) is 48.8 Å². The van der Waals surface area contributed by atoms with Gasteiger partial charge in [-0.15, -0.1) is 0 Å². The molecular formula is C22H30N4. The van der Waals surface area contributed by atoms with Crippen LogP contribution in [-0.4, -0.2) is 36.1 Å². The molecule has 0 saturated carbocycles. The van der Waals surface area contributed by atoms with E-state index in [1.165, 1.54) is 55.6 Å². The van der Waals surface area contributed by atoms with E-state index in [4.69, 9.17) is 0 Å². The van der Waals surface area contributed by atoms with Gasteiger partial charge in [0.05, 0.1) is 0 Å². The molecule has 2 aliphatic heterocycles. The van der Waals surface area contributed by atoms with E-state index in [0.717, 1.165) is 25.6 Å². The Morgan fingerprint density at radius 3 is 2.69 bits per heavy atom. The van der Waals surface area contributed by atoms with Crippen LogP contribution in [0.4, 0.5) is 5.69 Å². The summed E-state index contributed by atoms with van der Waals surface area (Å²) in [6, 6.07) is 13.5. The molecule has 2 N–H and O–H groups in total. The van der Waals surface area contributed by atoms with Crippen molar-refractivity contribution in [3.05, 3.63) is 59.9 Å². The number of fused-ring (bicyclic) bond motifs is 1. The van der Waals surface area contributed by atoms with Crippen molar-refractivity contribution in [2.75, 3.05) is 31.5 Å². The van der Waals surface area contributed by atoms with Crippen LogP contribution in [0.5, 0.6) is 0 Å². The number of piperidine rings is 1. The second-order valence-electron chi connectivity index (χ2n) is 7.69. The molecule has 4 heteroatoms. The summed E-state index contributed by atoms with van der Waals surface area (Å²) in [5.74, 6) is 0.798. The molecule has 0 aliphatic carbocycles. The third-order valence-electron chi connectivity index (χ3n) is 5.84. The number of hydrogen-bond acceptors (Lipinski definition) is 4. The van der Waals surface area contributed by atoms with Crippen molar-refractivity contribution in [1.29, 1.82) is 0 Å². The fourth-order valence-electron chi connectivity index (χ4n) is 4.26. The Morgan fingerprint density at radius 2 is 1.85 bits per heavy atom. The van der Waals surface area contributed by atoms with Crippen molar-refractivity contribution in [3.63, 3.8) is 0 Å². The highest BCUT2D eigenvalue weighted by atomic mass is 15.1. The van der Waals surface area contributed by atoms with Gasteiger partial charge in [0.2, 0.25) is 0 Å². The van der Waals surface area contributed by atoms with Gasteiger partial charge >= 0.3 is 0 Å². The highest BCUT2D eigenvalue weighted by Gasteiger charge is 2.22. The molecule has 1 unspecified atom stereocenters. The fraction of sp³-hybridized carbons (Fsp3) is 0.500. The lowest BCUT2D eigenvalue weighted by Crippen LogP contribution is -2.37. The molecule has 1 atom stereocenters. The van der Waals surface area contributed by atoms with Gasteiger partial charge in [0, 0.05) is 37.2 Å². The number of nitrogens with one attached hydrogen (secondary N) is 2. The maximum absolute atomic E-state index is 4.11. The molecule has 1 fully saturated rings. The predicted octanol–water partition coefficient (Wildman–Crippen LogP) is 3.83. The number of rotatable bonds is 5.